The van der Waals surface area contributed by atoms with Gasteiger partial charge in [0.2, 0.25) is 0 Å². The summed E-state index contributed by atoms with van der Waals surface area (Å²) >= 11 is -1.72. The van der Waals surface area contributed by atoms with Crippen LogP contribution in [-0.4, -0.2) is 19.8 Å². The Morgan fingerprint density at radius 1 is 1.40 bits per heavy atom. The number of hydrogen-bond donors (Lipinski definition) is 1. The summed E-state index contributed by atoms with van der Waals surface area (Å²) in [6.07, 6.45) is 2.14. The Kier molecular flexibility index (Phi) is 2.56. The molecule has 0 radical (unpaired) electrons. The number of hydrogen-bond acceptors (Lipinski definition) is 2. The second-order valence-electron chi connectivity index (χ2n) is 2.51. The number of carbonyl (C=O) groups is 1. The largest absolute Gasteiger partial charge is 0.306 e. The molecule has 1 N–H and O–H groups in total. The summed E-state index contributed by atoms with van der Waals surface area (Å²) in [7, 11) is 0. The van der Waals surface area contributed by atoms with Crippen molar-refractivity contribution in [1.29, 1.82) is 0 Å². The lowest BCUT2D eigenvalue weighted by Gasteiger charge is -2.16. The van der Waals surface area contributed by atoms with Crippen molar-refractivity contribution in [1.82, 2.24) is 0 Å². The van der Waals surface area contributed by atoms with Crippen molar-refractivity contribution in [2.45, 2.75) is 30.9 Å². The lowest BCUT2D eigenvalue weighted by molar-refractivity contribution is -0.120. The maximum atomic E-state index is 10.7. The van der Waals surface area contributed by atoms with Crippen molar-refractivity contribution < 1.29 is 13.6 Å². The highest BCUT2D eigenvalue weighted by Gasteiger charge is 2.22. The van der Waals surface area contributed by atoms with Crippen LogP contribution in [0.25, 0.3) is 0 Å². The van der Waals surface area contributed by atoms with Gasteiger partial charge in [-0.3, -0.25) is 4.79 Å². The molecule has 0 aromatic carbocycles. The summed E-state index contributed by atoms with van der Waals surface area (Å²) in [4.78, 5) is 10.7. The molecule has 3 nitrogen and oxygen atoms in total. The van der Waals surface area contributed by atoms with Gasteiger partial charge < -0.3 is 4.55 Å². The zero-order chi connectivity index (χ0) is 7.56. The standard InChI is InChI=1S/C6H10O3S/c7-5-1-3-6(4-2-5)10(8)9/h6H,1-4H2,(H,8,9). The minimum absolute atomic E-state index is 0.155. The van der Waals surface area contributed by atoms with Crippen molar-refractivity contribution >= 4 is 16.9 Å². The van der Waals surface area contributed by atoms with Crippen LogP contribution in [0.3, 0.4) is 0 Å². The van der Waals surface area contributed by atoms with Gasteiger partial charge in [-0.05, 0) is 12.8 Å². The molecular formula is C6H10O3S. The molecule has 4 heteroatoms. The summed E-state index contributed by atoms with van der Waals surface area (Å²) in [5.41, 5.74) is 0. The van der Waals surface area contributed by atoms with E-state index in [0.717, 1.165) is 0 Å². The van der Waals surface area contributed by atoms with Gasteiger partial charge in [0, 0.05) is 12.8 Å². The van der Waals surface area contributed by atoms with Gasteiger partial charge in [-0.25, -0.2) is 4.21 Å². The Morgan fingerprint density at radius 2 is 1.90 bits per heavy atom. The van der Waals surface area contributed by atoms with Crippen LogP contribution >= 0.6 is 0 Å². The van der Waals surface area contributed by atoms with Crippen LogP contribution in [0.2, 0.25) is 0 Å². The first-order valence-electron chi connectivity index (χ1n) is 3.31. The third-order valence-electron chi connectivity index (χ3n) is 1.78. The van der Waals surface area contributed by atoms with Crippen LogP contribution in [0.4, 0.5) is 0 Å². The SMILES string of the molecule is O=C1CCC(S(=O)O)CC1. The van der Waals surface area contributed by atoms with Crippen LogP contribution in [0.15, 0.2) is 0 Å². The van der Waals surface area contributed by atoms with Crippen molar-refractivity contribution in [3.8, 4) is 0 Å². The molecule has 1 aliphatic rings. The molecule has 1 saturated carbocycles. The summed E-state index contributed by atoms with van der Waals surface area (Å²) in [6, 6.07) is 0. The van der Waals surface area contributed by atoms with Gasteiger partial charge in [0.1, 0.15) is 5.78 Å². The van der Waals surface area contributed by atoms with E-state index in [0.29, 0.717) is 25.7 Å². The summed E-state index contributed by atoms with van der Waals surface area (Å²) in [6.45, 7) is 0. The lowest BCUT2D eigenvalue weighted by atomic mass is 9.99. The first-order chi connectivity index (χ1) is 4.70. The summed E-state index contributed by atoms with van der Waals surface area (Å²) < 4.78 is 19.1. The van der Waals surface area contributed by atoms with E-state index in [1.165, 1.54) is 0 Å². The van der Waals surface area contributed by atoms with Gasteiger partial charge >= 0.3 is 0 Å². The van der Waals surface area contributed by atoms with Gasteiger partial charge in [-0.1, -0.05) is 0 Å². The predicted molar refractivity (Wildman–Crippen MR) is 38.0 cm³/mol. The monoisotopic (exact) mass is 162 g/mol. The van der Waals surface area contributed by atoms with E-state index in [4.69, 9.17) is 4.55 Å². The van der Waals surface area contributed by atoms with Crippen LogP contribution < -0.4 is 0 Å². The smallest absolute Gasteiger partial charge is 0.156 e. The zero-order valence-corrected chi connectivity index (χ0v) is 6.39. The minimum atomic E-state index is -1.72. The van der Waals surface area contributed by atoms with Gasteiger partial charge in [-0.15, -0.1) is 0 Å². The van der Waals surface area contributed by atoms with Gasteiger partial charge in [0.25, 0.3) is 0 Å². The Morgan fingerprint density at radius 3 is 2.30 bits per heavy atom. The van der Waals surface area contributed by atoms with E-state index in [-0.39, 0.29) is 11.0 Å². The highest BCUT2D eigenvalue weighted by Crippen LogP contribution is 2.18. The van der Waals surface area contributed by atoms with Crippen molar-refractivity contribution in [3.63, 3.8) is 0 Å². The summed E-state index contributed by atoms with van der Waals surface area (Å²) in [5, 5.41) is -0.155. The summed E-state index contributed by atoms with van der Waals surface area (Å²) in [5.74, 6) is 0.224. The molecule has 1 fully saturated rings. The Balaban J connectivity index is 2.40. The second-order valence-corrected chi connectivity index (χ2v) is 3.73. The van der Waals surface area contributed by atoms with Crippen LogP contribution in [-0.2, 0) is 15.9 Å². The maximum absolute atomic E-state index is 10.7. The average Bonchev–Trinajstić information content (AvgIpc) is 1.88. The van der Waals surface area contributed by atoms with E-state index in [1.807, 2.05) is 0 Å². The van der Waals surface area contributed by atoms with Gasteiger partial charge in [0.05, 0.1) is 5.25 Å². The van der Waals surface area contributed by atoms with Crippen molar-refractivity contribution in [2.75, 3.05) is 0 Å². The maximum Gasteiger partial charge on any atom is 0.156 e. The first-order valence-corrected chi connectivity index (χ1v) is 4.48. The Labute approximate surface area is 62.1 Å². The van der Waals surface area contributed by atoms with Gasteiger partial charge in [-0.2, -0.15) is 0 Å². The predicted octanol–water partition coefficient (Wildman–Crippen LogP) is 0.720. The normalized spacial score (nSPS) is 24.7. The minimum Gasteiger partial charge on any atom is -0.306 e. The molecule has 0 bridgehead atoms. The third kappa shape index (κ3) is 1.88. The van der Waals surface area contributed by atoms with E-state index < -0.39 is 11.1 Å². The molecule has 0 amide bonds. The molecule has 0 aromatic rings. The van der Waals surface area contributed by atoms with E-state index in [2.05, 4.69) is 0 Å². The highest BCUT2D eigenvalue weighted by molar-refractivity contribution is 7.79. The molecule has 0 spiro atoms. The van der Waals surface area contributed by atoms with E-state index in [9.17, 15) is 9.00 Å². The molecular weight excluding hydrogens is 152 g/mol. The average molecular weight is 162 g/mol. The Bertz CT molecular complexity index is 156. The van der Waals surface area contributed by atoms with Crippen LogP contribution in [0.5, 0.6) is 0 Å². The molecule has 0 aromatic heterocycles. The quantitative estimate of drug-likeness (QED) is 0.578. The van der Waals surface area contributed by atoms with E-state index >= 15 is 0 Å². The molecule has 58 valence electrons. The number of ketones is 1. The molecule has 1 unspecified atom stereocenters. The highest BCUT2D eigenvalue weighted by atomic mass is 32.2. The number of carbonyl (C=O) groups excluding carboxylic acids is 1. The fourth-order valence-electron chi connectivity index (χ4n) is 1.11. The fraction of sp³-hybridized carbons (Fsp3) is 0.833. The zero-order valence-electron chi connectivity index (χ0n) is 5.58. The molecule has 10 heavy (non-hydrogen) atoms. The first kappa shape index (κ1) is 7.88. The fourth-order valence-corrected chi connectivity index (χ4v) is 1.75. The van der Waals surface area contributed by atoms with Gasteiger partial charge in [0.15, 0.2) is 11.1 Å². The topological polar surface area (TPSA) is 54.4 Å². The number of Topliss-reactive ketones (excluding diaryl/α,β-unsaturated/α-hetero) is 1. The second kappa shape index (κ2) is 3.25. The molecule has 1 atom stereocenters. The van der Waals surface area contributed by atoms with E-state index in [1.54, 1.807) is 0 Å². The van der Waals surface area contributed by atoms with Crippen molar-refractivity contribution in [3.05, 3.63) is 0 Å². The van der Waals surface area contributed by atoms with Crippen molar-refractivity contribution in [2.24, 2.45) is 0 Å². The number of rotatable bonds is 1. The molecule has 0 saturated heterocycles. The molecule has 1 rings (SSSR count). The van der Waals surface area contributed by atoms with Crippen LogP contribution in [0, 0.1) is 0 Å². The molecule has 0 aliphatic heterocycles. The lowest BCUT2D eigenvalue weighted by Crippen LogP contribution is -2.22. The third-order valence-corrected chi connectivity index (χ3v) is 2.82. The molecule has 1 aliphatic carbocycles. The molecule has 0 heterocycles. The Hall–Kier alpha value is -0.220. The van der Waals surface area contributed by atoms with Crippen LogP contribution in [0.1, 0.15) is 25.7 Å².